The Morgan fingerprint density at radius 3 is 2.59 bits per heavy atom. The molecule has 2 rings (SSSR count). The quantitative estimate of drug-likeness (QED) is 0.885. The van der Waals surface area contributed by atoms with E-state index in [4.69, 9.17) is 4.74 Å². The van der Waals surface area contributed by atoms with Crippen LogP contribution >= 0.6 is 11.3 Å². The number of ether oxygens (including phenoxy) is 1. The van der Waals surface area contributed by atoms with Gasteiger partial charge >= 0.3 is 0 Å². The number of aromatic nitrogens is 2. The molecule has 0 aliphatic rings. The van der Waals surface area contributed by atoms with E-state index in [2.05, 4.69) is 28.5 Å². The first-order chi connectivity index (χ1) is 10.5. The number of carbonyl (C=O) groups is 1. The average molecular weight is 319 g/mol. The average Bonchev–Trinajstić information content (AvgIpc) is 2.85. The lowest BCUT2D eigenvalue weighted by Gasteiger charge is -2.14. The summed E-state index contributed by atoms with van der Waals surface area (Å²) in [7, 11) is 0. The van der Waals surface area contributed by atoms with Crippen molar-refractivity contribution in [3.8, 4) is 5.75 Å². The summed E-state index contributed by atoms with van der Waals surface area (Å²) in [5, 5.41) is 12.2. The van der Waals surface area contributed by atoms with E-state index in [1.54, 1.807) is 6.92 Å². The molecule has 1 heterocycles. The van der Waals surface area contributed by atoms with Crippen LogP contribution in [0.1, 0.15) is 36.4 Å². The number of nitrogens with zero attached hydrogens (tertiary/aromatic N) is 2. The first-order valence-corrected chi connectivity index (χ1v) is 8.17. The summed E-state index contributed by atoms with van der Waals surface area (Å²) in [5.41, 5.74) is 2.21. The van der Waals surface area contributed by atoms with Crippen LogP contribution in [-0.2, 0) is 11.2 Å². The Kier molecular flexibility index (Phi) is 5.49. The van der Waals surface area contributed by atoms with Gasteiger partial charge in [-0.1, -0.05) is 24.3 Å². The van der Waals surface area contributed by atoms with Crippen LogP contribution in [0, 0.1) is 13.8 Å². The van der Waals surface area contributed by atoms with Crippen LogP contribution in [0.2, 0.25) is 0 Å². The number of aryl methyl sites for hydroxylation is 3. The van der Waals surface area contributed by atoms with Gasteiger partial charge in [-0.3, -0.25) is 10.1 Å². The van der Waals surface area contributed by atoms with Crippen molar-refractivity contribution in [3.63, 3.8) is 0 Å². The van der Waals surface area contributed by atoms with E-state index in [0.717, 1.165) is 29.0 Å². The van der Waals surface area contributed by atoms with Crippen molar-refractivity contribution >= 4 is 22.4 Å². The van der Waals surface area contributed by atoms with E-state index in [1.165, 1.54) is 11.3 Å². The molecule has 1 aromatic heterocycles. The molecule has 1 aromatic carbocycles. The van der Waals surface area contributed by atoms with Crippen LogP contribution in [-0.4, -0.2) is 22.2 Å². The second-order valence-electron chi connectivity index (χ2n) is 5.32. The fourth-order valence-electron chi connectivity index (χ4n) is 2.08. The van der Waals surface area contributed by atoms with Gasteiger partial charge in [0.1, 0.15) is 10.8 Å². The highest BCUT2D eigenvalue weighted by Gasteiger charge is 2.17. The number of hydrogen-bond acceptors (Lipinski definition) is 5. The molecule has 1 N–H and O–H groups in total. The zero-order valence-corrected chi connectivity index (χ0v) is 14.2. The Morgan fingerprint density at radius 2 is 1.95 bits per heavy atom. The molecule has 118 valence electrons. The number of nitrogens with one attached hydrogen (secondary N) is 1. The molecule has 22 heavy (non-hydrogen) atoms. The van der Waals surface area contributed by atoms with Gasteiger partial charge in [-0.2, -0.15) is 0 Å². The van der Waals surface area contributed by atoms with Gasteiger partial charge in [0, 0.05) is 6.42 Å². The fourth-order valence-corrected chi connectivity index (χ4v) is 2.93. The number of benzene rings is 1. The largest absolute Gasteiger partial charge is 0.481 e. The smallest absolute Gasteiger partial charge is 0.266 e. The second kappa shape index (κ2) is 7.35. The highest BCUT2D eigenvalue weighted by Crippen LogP contribution is 2.19. The van der Waals surface area contributed by atoms with E-state index >= 15 is 0 Å². The molecule has 5 nitrogen and oxygen atoms in total. The number of anilines is 1. The molecule has 2 aromatic rings. The molecule has 6 heteroatoms. The molecule has 1 amide bonds. The highest BCUT2D eigenvalue weighted by atomic mass is 32.1. The van der Waals surface area contributed by atoms with Gasteiger partial charge in [0.05, 0.1) is 0 Å². The zero-order valence-electron chi connectivity index (χ0n) is 13.3. The van der Waals surface area contributed by atoms with Gasteiger partial charge in [-0.15, -0.1) is 10.2 Å². The Bertz CT molecular complexity index is 634. The summed E-state index contributed by atoms with van der Waals surface area (Å²) in [4.78, 5) is 12.2. The Morgan fingerprint density at radius 1 is 1.27 bits per heavy atom. The van der Waals surface area contributed by atoms with Crippen LogP contribution in [0.5, 0.6) is 5.75 Å². The third kappa shape index (κ3) is 4.53. The Hall–Kier alpha value is -1.95. The predicted molar refractivity (Wildman–Crippen MR) is 88.5 cm³/mol. The third-order valence-electron chi connectivity index (χ3n) is 3.04. The maximum absolute atomic E-state index is 12.2. The van der Waals surface area contributed by atoms with E-state index in [1.807, 2.05) is 26.0 Å². The molecule has 0 aliphatic heterocycles. The van der Waals surface area contributed by atoms with Crippen LogP contribution in [0.3, 0.4) is 0 Å². The lowest BCUT2D eigenvalue weighted by Crippen LogP contribution is -2.30. The van der Waals surface area contributed by atoms with E-state index in [0.29, 0.717) is 10.9 Å². The zero-order chi connectivity index (χ0) is 16.1. The Balaban J connectivity index is 1.96. The summed E-state index contributed by atoms with van der Waals surface area (Å²) < 4.78 is 5.71. The summed E-state index contributed by atoms with van der Waals surface area (Å²) in [5.74, 6) is 0.474. The molecule has 1 atom stereocenters. The van der Waals surface area contributed by atoms with Gasteiger partial charge in [0.2, 0.25) is 5.13 Å². The number of rotatable bonds is 6. The van der Waals surface area contributed by atoms with Crippen molar-refractivity contribution in [2.24, 2.45) is 0 Å². The maximum Gasteiger partial charge on any atom is 0.266 e. The van der Waals surface area contributed by atoms with E-state index in [-0.39, 0.29) is 5.91 Å². The van der Waals surface area contributed by atoms with Crippen molar-refractivity contribution < 1.29 is 9.53 Å². The minimum Gasteiger partial charge on any atom is -0.481 e. The molecule has 0 saturated carbocycles. The standard InChI is InChI=1S/C16H21N3O2S/c1-5-6-14-18-19-16(22-14)17-15(20)12(4)21-13-8-10(2)7-11(3)9-13/h7-9,12H,5-6H2,1-4H3,(H,17,19,20)/t12-/m1/s1. The van der Waals surface area contributed by atoms with E-state index in [9.17, 15) is 4.79 Å². The fraction of sp³-hybridized carbons (Fsp3) is 0.438. The summed E-state index contributed by atoms with van der Waals surface area (Å²) >= 11 is 1.40. The lowest BCUT2D eigenvalue weighted by molar-refractivity contribution is -0.122. The normalized spacial score (nSPS) is 12.0. The number of amides is 1. The van der Waals surface area contributed by atoms with Crippen LogP contribution in [0.15, 0.2) is 18.2 Å². The van der Waals surface area contributed by atoms with Crippen molar-refractivity contribution in [2.75, 3.05) is 5.32 Å². The van der Waals surface area contributed by atoms with Crippen LogP contribution in [0.4, 0.5) is 5.13 Å². The molecule has 0 fully saturated rings. The molecule has 0 bridgehead atoms. The van der Waals surface area contributed by atoms with Crippen LogP contribution < -0.4 is 10.1 Å². The lowest BCUT2D eigenvalue weighted by atomic mass is 10.1. The molecule has 0 aliphatic carbocycles. The number of carbonyl (C=O) groups excluding carboxylic acids is 1. The molecule has 0 saturated heterocycles. The predicted octanol–water partition coefficient (Wildman–Crippen LogP) is 3.51. The molecular formula is C16H21N3O2S. The molecular weight excluding hydrogens is 298 g/mol. The van der Waals surface area contributed by atoms with Crippen molar-refractivity contribution in [3.05, 3.63) is 34.3 Å². The van der Waals surface area contributed by atoms with Gasteiger partial charge < -0.3 is 4.74 Å². The third-order valence-corrected chi connectivity index (χ3v) is 3.94. The number of hydrogen-bond donors (Lipinski definition) is 1. The van der Waals surface area contributed by atoms with Crippen molar-refractivity contribution in [2.45, 2.75) is 46.6 Å². The van der Waals surface area contributed by atoms with Crippen molar-refractivity contribution in [1.29, 1.82) is 0 Å². The van der Waals surface area contributed by atoms with Gasteiger partial charge in [0.25, 0.3) is 5.91 Å². The SMILES string of the molecule is CCCc1nnc(NC(=O)[C@@H](C)Oc2cc(C)cc(C)c2)s1. The summed E-state index contributed by atoms with van der Waals surface area (Å²) in [6.07, 6.45) is 1.29. The van der Waals surface area contributed by atoms with Crippen molar-refractivity contribution in [1.82, 2.24) is 10.2 Å². The van der Waals surface area contributed by atoms with Gasteiger partial charge in [-0.25, -0.2) is 0 Å². The molecule has 0 radical (unpaired) electrons. The van der Waals surface area contributed by atoms with Crippen LogP contribution in [0.25, 0.3) is 0 Å². The highest BCUT2D eigenvalue weighted by molar-refractivity contribution is 7.15. The van der Waals surface area contributed by atoms with Gasteiger partial charge in [0.15, 0.2) is 6.10 Å². The minimum atomic E-state index is -0.597. The molecule has 0 spiro atoms. The van der Waals surface area contributed by atoms with Gasteiger partial charge in [-0.05, 0) is 50.5 Å². The Labute approximate surface area is 134 Å². The van der Waals surface area contributed by atoms with E-state index < -0.39 is 6.10 Å². The minimum absolute atomic E-state index is 0.224. The first kappa shape index (κ1) is 16.4. The maximum atomic E-state index is 12.2. The second-order valence-corrected chi connectivity index (χ2v) is 6.39. The summed E-state index contributed by atoms with van der Waals surface area (Å²) in [6.45, 7) is 7.81. The summed E-state index contributed by atoms with van der Waals surface area (Å²) in [6, 6.07) is 5.90. The first-order valence-electron chi connectivity index (χ1n) is 7.36. The topological polar surface area (TPSA) is 64.1 Å². The molecule has 0 unspecified atom stereocenters. The monoisotopic (exact) mass is 319 g/mol.